The molecular weight excluding hydrogens is 286 g/mol. The molecule has 0 unspecified atom stereocenters. The van der Waals surface area contributed by atoms with Crippen molar-refractivity contribution in [3.63, 3.8) is 0 Å². The highest BCUT2D eigenvalue weighted by Crippen LogP contribution is 2.19. The van der Waals surface area contributed by atoms with Crippen molar-refractivity contribution in [2.75, 3.05) is 17.0 Å². The van der Waals surface area contributed by atoms with Crippen LogP contribution in [0.4, 0.5) is 14.5 Å². The lowest BCUT2D eigenvalue weighted by Crippen LogP contribution is -2.21. The van der Waals surface area contributed by atoms with Gasteiger partial charge in [0.2, 0.25) is 10.0 Å². The highest BCUT2D eigenvalue weighted by Gasteiger charge is 2.19. The molecule has 0 saturated heterocycles. The number of sulfonamides is 1. The van der Waals surface area contributed by atoms with E-state index in [1.807, 2.05) is 0 Å². The summed E-state index contributed by atoms with van der Waals surface area (Å²) in [6.45, 7) is 0.786. The van der Waals surface area contributed by atoms with Crippen LogP contribution in [-0.2, 0) is 10.0 Å². The number of nitrogens with one attached hydrogen (secondary N) is 2. The molecule has 1 aliphatic rings. The van der Waals surface area contributed by atoms with E-state index in [0.717, 1.165) is 31.2 Å². The van der Waals surface area contributed by atoms with Gasteiger partial charge in [0.15, 0.2) is 0 Å². The van der Waals surface area contributed by atoms with Gasteiger partial charge in [-0.15, -0.1) is 0 Å². The Kier molecular flexibility index (Phi) is 4.93. The molecule has 2 N–H and O–H groups in total. The average molecular weight is 304 g/mol. The van der Waals surface area contributed by atoms with Gasteiger partial charge < -0.3 is 5.32 Å². The fraction of sp³-hybridized carbons (Fsp3) is 0.538. The molecule has 4 nitrogen and oxygen atoms in total. The molecule has 1 aliphatic carbocycles. The minimum absolute atomic E-state index is 0.102. The molecule has 1 aromatic rings. The molecule has 7 heteroatoms. The van der Waals surface area contributed by atoms with Crippen LogP contribution in [-0.4, -0.2) is 26.8 Å². The second-order valence-corrected chi connectivity index (χ2v) is 6.82. The lowest BCUT2D eigenvalue weighted by Gasteiger charge is -2.09. The second kappa shape index (κ2) is 6.49. The maximum atomic E-state index is 13.3. The average Bonchev–Trinajstić information content (AvgIpc) is 3.17. The number of halogens is 2. The van der Waals surface area contributed by atoms with E-state index >= 15 is 0 Å². The van der Waals surface area contributed by atoms with E-state index in [0.29, 0.717) is 12.5 Å². The van der Waals surface area contributed by atoms with E-state index in [4.69, 9.17) is 0 Å². The van der Waals surface area contributed by atoms with E-state index in [9.17, 15) is 17.2 Å². The number of unbranched alkanes of at least 4 members (excludes halogenated alkanes) is 1. The third-order valence-corrected chi connectivity index (χ3v) is 4.40. The predicted molar refractivity (Wildman–Crippen MR) is 74.0 cm³/mol. The van der Waals surface area contributed by atoms with E-state index in [-0.39, 0.29) is 11.4 Å². The summed E-state index contributed by atoms with van der Waals surface area (Å²) in [5, 5.41) is 3.28. The Morgan fingerprint density at radius 3 is 2.65 bits per heavy atom. The molecule has 1 aromatic carbocycles. The molecule has 2 rings (SSSR count). The van der Waals surface area contributed by atoms with Crippen LogP contribution in [0.2, 0.25) is 0 Å². The van der Waals surface area contributed by atoms with Crippen LogP contribution in [0.3, 0.4) is 0 Å². The summed E-state index contributed by atoms with van der Waals surface area (Å²) in [5.41, 5.74) is -0.346. The summed E-state index contributed by atoms with van der Waals surface area (Å²) in [7, 11) is -3.64. The zero-order valence-corrected chi connectivity index (χ0v) is 11.8. The number of hydrogen-bond acceptors (Lipinski definition) is 3. The van der Waals surface area contributed by atoms with Gasteiger partial charge in [0.1, 0.15) is 11.6 Å². The van der Waals surface area contributed by atoms with Crippen LogP contribution < -0.4 is 10.0 Å². The largest absolute Gasteiger partial charge is 0.314 e. The quantitative estimate of drug-likeness (QED) is 0.724. The Bertz CT molecular complexity index is 559. The Hall–Kier alpha value is -1.21. The van der Waals surface area contributed by atoms with Crippen LogP contribution in [0.25, 0.3) is 0 Å². The predicted octanol–water partition coefficient (Wildman–Crippen LogP) is 2.24. The molecule has 0 aliphatic heterocycles. The van der Waals surface area contributed by atoms with Crippen LogP contribution in [0.1, 0.15) is 25.7 Å². The molecule has 0 amide bonds. The van der Waals surface area contributed by atoms with Crippen LogP contribution >= 0.6 is 0 Å². The molecule has 20 heavy (non-hydrogen) atoms. The van der Waals surface area contributed by atoms with Crippen LogP contribution in [0.15, 0.2) is 18.2 Å². The molecular formula is C13H18F2N2O2S. The summed E-state index contributed by atoms with van der Waals surface area (Å²) in [5.74, 6) is -1.57. The van der Waals surface area contributed by atoms with Crippen molar-refractivity contribution < 1.29 is 17.2 Å². The number of hydrogen-bond donors (Lipinski definition) is 2. The summed E-state index contributed by atoms with van der Waals surface area (Å²) in [6.07, 6.45) is 3.60. The van der Waals surface area contributed by atoms with Gasteiger partial charge in [-0.2, -0.15) is 0 Å². The minimum atomic E-state index is -3.64. The Balaban J connectivity index is 1.78. The lowest BCUT2D eigenvalue weighted by atomic mass is 10.3. The summed E-state index contributed by atoms with van der Waals surface area (Å²) in [4.78, 5) is 0. The van der Waals surface area contributed by atoms with E-state index in [2.05, 4.69) is 10.0 Å². The first kappa shape index (κ1) is 15.2. The lowest BCUT2D eigenvalue weighted by molar-refractivity contribution is 0.587. The molecule has 0 aromatic heterocycles. The van der Waals surface area contributed by atoms with Crippen LogP contribution in [0.5, 0.6) is 0 Å². The normalized spacial score (nSPS) is 15.3. The monoisotopic (exact) mass is 304 g/mol. The van der Waals surface area contributed by atoms with Crippen LogP contribution in [0, 0.1) is 11.6 Å². The van der Waals surface area contributed by atoms with Gasteiger partial charge in [-0.1, -0.05) is 0 Å². The molecule has 1 saturated carbocycles. The maximum Gasteiger partial charge on any atom is 0.232 e. The second-order valence-electron chi connectivity index (χ2n) is 4.98. The van der Waals surface area contributed by atoms with Gasteiger partial charge in [-0.3, -0.25) is 4.72 Å². The van der Waals surface area contributed by atoms with Crippen molar-refractivity contribution >= 4 is 15.7 Å². The minimum Gasteiger partial charge on any atom is -0.314 e. The van der Waals surface area contributed by atoms with Gasteiger partial charge in [0.25, 0.3) is 0 Å². The third kappa shape index (κ3) is 5.05. The van der Waals surface area contributed by atoms with Gasteiger partial charge in [-0.25, -0.2) is 17.2 Å². The molecule has 1 fully saturated rings. The standard InChI is InChI=1S/C13H18F2N2O2S/c14-10-3-6-12(15)13(9-10)17-20(18,19)8-2-1-7-16-11-4-5-11/h3,6,9,11,16-17H,1-2,4-5,7-8H2. The van der Waals surface area contributed by atoms with E-state index in [1.54, 1.807) is 0 Å². The number of anilines is 1. The van der Waals surface area contributed by atoms with Crippen molar-refractivity contribution in [1.29, 1.82) is 0 Å². The Labute approximate surface area is 117 Å². The zero-order valence-electron chi connectivity index (χ0n) is 11.0. The Morgan fingerprint density at radius 1 is 1.20 bits per heavy atom. The number of rotatable bonds is 8. The van der Waals surface area contributed by atoms with Gasteiger partial charge in [0, 0.05) is 12.1 Å². The Morgan fingerprint density at radius 2 is 1.95 bits per heavy atom. The number of benzene rings is 1. The highest BCUT2D eigenvalue weighted by molar-refractivity contribution is 7.92. The van der Waals surface area contributed by atoms with Crippen molar-refractivity contribution in [3.8, 4) is 0 Å². The molecule has 0 bridgehead atoms. The molecule has 0 heterocycles. The van der Waals surface area contributed by atoms with E-state index in [1.165, 1.54) is 12.8 Å². The SMILES string of the molecule is O=S(=O)(CCCCNC1CC1)Nc1cc(F)ccc1F. The molecule has 0 spiro atoms. The molecule has 0 atom stereocenters. The van der Waals surface area contributed by atoms with Crippen molar-refractivity contribution in [1.82, 2.24) is 5.32 Å². The molecule has 0 radical (unpaired) electrons. The smallest absolute Gasteiger partial charge is 0.232 e. The topological polar surface area (TPSA) is 58.2 Å². The summed E-state index contributed by atoms with van der Waals surface area (Å²) >= 11 is 0. The van der Waals surface area contributed by atoms with Crippen molar-refractivity contribution in [2.45, 2.75) is 31.7 Å². The highest BCUT2D eigenvalue weighted by atomic mass is 32.2. The summed E-state index contributed by atoms with van der Waals surface area (Å²) in [6, 6.07) is 3.27. The fourth-order valence-corrected chi connectivity index (χ4v) is 2.98. The molecule has 112 valence electrons. The van der Waals surface area contributed by atoms with Gasteiger partial charge in [0.05, 0.1) is 11.4 Å². The van der Waals surface area contributed by atoms with Gasteiger partial charge in [-0.05, 0) is 44.4 Å². The zero-order chi connectivity index (χ0) is 14.6. The first-order valence-corrected chi connectivity index (χ1v) is 8.30. The van der Waals surface area contributed by atoms with Crippen molar-refractivity contribution in [3.05, 3.63) is 29.8 Å². The van der Waals surface area contributed by atoms with Crippen molar-refractivity contribution in [2.24, 2.45) is 0 Å². The summed E-state index contributed by atoms with van der Waals surface area (Å²) < 4.78 is 51.9. The maximum absolute atomic E-state index is 13.3. The first-order chi connectivity index (χ1) is 9.46. The van der Waals surface area contributed by atoms with E-state index < -0.39 is 21.7 Å². The first-order valence-electron chi connectivity index (χ1n) is 6.65. The third-order valence-electron chi connectivity index (χ3n) is 3.04. The van der Waals surface area contributed by atoms with Gasteiger partial charge >= 0.3 is 0 Å². The fourth-order valence-electron chi connectivity index (χ4n) is 1.80.